The number of benzene rings is 1. The summed E-state index contributed by atoms with van der Waals surface area (Å²) in [5.41, 5.74) is 0.809. The van der Waals surface area contributed by atoms with Crippen molar-refractivity contribution in [2.24, 2.45) is 0 Å². The normalized spacial score (nSPS) is 21.9. The fourth-order valence-electron chi connectivity index (χ4n) is 2.90. The van der Waals surface area contributed by atoms with Crippen LogP contribution in [0.25, 0.3) is 0 Å². The van der Waals surface area contributed by atoms with Crippen molar-refractivity contribution in [1.29, 1.82) is 0 Å². The van der Waals surface area contributed by atoms with Gasteiger partial charge in [0.1, 0.15) is 5.60 Å². The summed E-state index contributed by atoms with van der Waals surface area (Å²) in [7, 11) is 0. The molecule has 4 nitrogen and oxygen atoms in total. The van der Waals surface area contributed by atoms with E-state index in [-0.39, 0.29) is 12.1 Å². The Labute approximate surface area is 133 Å². The van der Waals surface area contributed by atoms with Crippen LogP contribution in [0.4, 0.5) is 4.79 Å². The molecule has 1 aliphatic heterocycles. The Morgan fingerprint density at radius 3 is 2.64 bits per heavy atom. The molecule has 4 heteroatoms. The maximum atomic E-state index is 12.2. The quantitative estimate of drug-likeness (QED) is 0.927. The molecule has 0 unspecified atom stereocenters. The first-order valence-electron chi connectivity index (χ1n) is 8.07. The van der Waals surface area contributed by atoms with E-state index >= 15 is 0 Å². The second-order valence-corrected chi connectivity index (χ2v) is 7.05. The Bertz CT molecular complexity index is 481. The van der Waals surface area contributed by atoms with Crippen LogP contribution >= 0.6 is 0 Å². The molecule has 1 aliphatic rings. The van der Waals surface area contributed by atoms with Crippen molar-refractivity contribution in [2.75, 3.05) is 6.54 Å². The highest BCUT2D eigenvalue weighted by Crippen LogP contribution is 2.25. The number of carbonyl (C=O) groups is 1. The summed E-state index contributed by atoms with van der Waals surface area (Å²) >= 11 is 0. The van der Waals surface area contributed by atoms with Crippen molar-refractivity contribution in [1.82, 2.24) is 4.90 Å². The Hall–Kier alpha value is -1.55. The second kappa shape index (κ2) is 7.14. The minimum absolute atomic E-state index is 0.0774. The van der Waals surface area contributed by atoms with Crippen LogP contribution in [0.3, 0.4) is 0 Å². The standard InChI is InChI=1S/C18H27NO3/c1-18(2,3)22-17(21)19-13-16(20)12-15(19)11-7-10-14-8-5-4-6-9-14/h4-6,8-9,15-16,20H,7,10-13H2,1-3H3/t15-,16+/m0/s1. The number of likely N-dealkylation sites (tertiary alicyclic amines) is 1. The predicted molar refractivity (Wildman–Crippen MR) is 86.7 cm³/mol. The van der Waals surface area contributed by atoms with E-state index in [9.17, 15) is 9.90 Å². The van der Waals surface area contributed by atoms with Gasteiger partial charge in [0.2, 0.25) is 0 Å². The number of rotatable bonds is 4. The first-order valence-corrected chi connectivity index (χ1v) is 8.07. The van der Waals surface area contributed by atoms with E-state index in [0.717, 1.165) is 19.3 Å². The van der Waals surface area contributed by atoms with Crippen molar-refractivity contribution in [2.45, 2.75) is 64.2 Å². The van der Waals surface area contributed by atoms with Gasteiger partial charge in [-0.1, -0.05) is 30.3 Å². The van der Waals surface area contributed by atoms with Gasteiger partial charge in [-0.15, -0.1) is 0 Å². The minimum atomic E-state index is -0.501. The molecule has 2 atom stereocenters. The molecule has 1 amide bonds. The van der Waals surface area contributed by atoms with Crippen molar-refractivity contribution in [3.63, 3.8) is 0 Å². The molecule has 1 fully saturated rings. The largest absolute Gasteiger partial charge is 0.444 e. The molecule has 122 valence electrons. The smallest absolute Gasteiger partial charge is 0.410 e. The average molecular weight is 305 g/mol. The number of nitrogens with zero attached hydrogens (tertiary/aromatic N) is 1. The Balaban J connectivity index is 1.86. The first kappa shape index (κ1) is 16.8. The maximum Gasteiger partial charge on any atom is 0.410 e. The van der Waals surface area contributed by atoms with Gasteiger partial charge in [-0.3, -0.25) is 0 Å². The maximum absolute atomic E-state index is 12.2. The number of amides is 1. The molecular weight excluding hydrogens is 278 g/mol. The number of aliphatic hydroxyl groups is 1. The number of aliphatic hydroxyl groups excluding tert-OH is 1. The molecule has 0 spiro atoms. The van der Waals surface area contributed by atoms with E-state index < -0.39 is 11.7 Å². The summed E-state index contributed by atoms with van der Waals surface area (Å²) in [5, 5.41) is 9.88. The molecule has 1 aromatic carbocycles. The average Bonchev–Trinajstić information content (AvgIpc) is 2.79. The third-order valence-electron chi connectivity index (χ3n) is 3.87. The Kier molecular flexibility index (Phi) is 5.46. The van der Waals surface area contributed by atoms with Gasteiger partial charge in [0, 0.05) is 6.04 Å². The molecule has 0 saturated carbocycles. The third kappa shape index (κ3) is 5.02. The van der Waals surface area contributed by atoms with Crippen molar-refractivity contribution in [3.05, 3.63) is 35.9 Å². The highest BCUT2D eigenvalue weighted by molar-refractivity contribution is 5.69. The molecule has 0 bridgehead atoms. The zero-order valence-electron chi connectivity index (χ0n) is 13.8. The lowest BCUT2D eigenvalue weighted by Gasteiger charge is -2.28. The van der Waals surface area contributed by atoms with E-state index in [1.807, 2.05) is 39.0 Å². The van der Waals surface area contributed by atoms with E-state index in [1.54, 1.807) is 4.90 Å². The van der Waals surface area contributed by atoms with Crippen LogP contribution in [-0.2, 0) is 11.2 Å². The van der Waals surface area contributed by atoms with Gasteiger partial charge in [-0.25, -0.2) is 4.79 Å². The zero-order valence-corrected chi connectivity index (χ0v) is 13.8. The van der Waals surface area contributed by atoms with Crippen molar-refractivity contribution < 1.29 is 14.6 Å². The second-order valence-electron chi connectivity index (χ2n) is 7.05. The molecule has 0 aromatic heterocycles. The predicted octanol–water partition coefficient (Wildman–Crippen LogP) is 3.38. The highest BCUT2D eigenvalue weighted by atomic mass is 16.6. The number of β-amino-alcohol motifs (C(OH)–C–C–N with tert-alkyl or cyclic N) is 1. The number of hydrogen-bond donors (Lipinski definition) is 1. The van der Waals surface area contributed by atoms with E-state index in [2.05, 4.69) is 12.1 Å². The van der Waals surface area contributed by atoms with Crippen LogP contribution in [0.5, 0.6) is 0 Å². The number of ether oxygens (including phenoxy) is 1. The molecule has 1 saturated heterocycles. The van der Waals surface area contributed by atoms with Crippen LogP contribution in [0.2, 0.25) is 0 Å². The molecule has 1 aromatic rings. The molecule has 0 aliphatic carbocycles. The summed E-state index contributed by atoms with van der Waals surface area (Å²) in [6, 6.07) is 10.4. The SMILES string of the molecule is CC(C)(C)OC(=O)N1C[C@H](O)C[C@@H]1CCCc1ccccc1. The molecule has 0 radical (unpaired) electrons. The number of carbonyl (C=O) groups excluding carboxylic acids is 1. The fourth-order valence-corrected chi connectivity index (χ4v) is 2.90. The van der Waals surface area contributed by atoms with E-state index in [0.29, 0.717) is 13.0 Å². The van der Waals surface area contributed by atoms with Gasteiger partial charge < -0.3 is 14.7 Å². The summed E-state index contributed by atoms with van der Waals surface area (Å²) < 4.78 is 5.44. The molecular formula is C18H27NO3. The number of hydrogen-bond acceptors (Lipinski definition) is 3. The Morgan fingerprint density at radius 2 is 2.00 bits per heavy atom. The van der Waals surface area contributed by atoms with Crippen LogP contribution < -0.4 is 0 Å². The first-order chi connectivity index (χ1) is 10.3. The van der Waals surface area contributed by atoms with Crippen LogP contribution in [0, 0.1) is 0 Å². The van der Waals surface area contributed by atoms with Crippen molar-refractivity contribution in [3.8, 4) is 0 Å². The van der Waals surface area contributed by atoms with Gasteiger partial charge in [-0.05, 0) is 52.0 Å². The van der Waals surface area contributed by atoms with Gasteiger partial charge in [0.25, 0.3) is 0 Å². The zero-order chi connectivity index (χ0) is 16.2. The van der Waals surface area contributed by atoms with Gasteiger partial charge in [-0.2, -0.15) is 0 Å². The van der Waals surface area contributed by atoms with Gasteiger partial charge in [0.05, 0.1) is 12.6 Å². The third-order valence-corrected chi connectivity index (χ3v) is 3.87. The molecule has 1 N–H and O–H groups in total. The van der Waals surface area contributed by atoms with Gasteiger partial charge >= 0.3 is 6.09 Å². The molecule has 1 heterocycles. The topological polar surface area (TPSA) is 49.8 Å². The van der Waals surface area contributed by atoms with E-state index in [4.69, 9.17) is 4.74 Å². The van der Waals surface area contributed by atoms with E-state index in [1.165, 1.54) is 5.56 Å². The minimum Gasteiger partial charge on any atom is -0.444 e. The number of aryl methyl sites for hydroxylation is 1. The summed E-state index contributed by atoms with van der Waals surface area (Å²) in [5.74, 6) is 0. The molecule has 2 rings (SSSR count). The van der Waals surface area contributed by atoms with Crippen molar-refractivity contribution >= 4 is 6.09 Å². The van der Waals surface area contributed by atoms with Crippen LogP contribution in [0.1, 0.15) is 45.6 Å². The van der Waals surface area contributed by atoms with Crippen LogP contribution in [-0.4, -0.2) is 40.4 Å². The lowest BCUT2D eigenvalue weighted by molar-refractivity contribution is 0.0202. The summed E-state index contributed by atoms with van der Waals surface area (Å²) in [4.78, 5) is 13.9. The lowest BCUT2D eigenvalue weighted by atomic mass is 10.0. The summed E-state index contributed by atoms with van der Waals surface area (Å²) in [6.45, 7) is 5.97. The highest BCUT2D eigenvalue weighted by Gasteiger charge is 2.36. The lowest BCUT2D eigenvalue weighted by Crippen LogP contribution is -2.40. The van der Waals surface area contributed by atoms with Gasteiger partial charge in [0.15, 0.2) is 0 Å². The summed E-state index contributed by atoms with van der Waals surface area (Å²) in [6.07, 6.45) is 2.79. The van der Waals surface area contributed by atoms with Crippen LogP contribution in [0.15, 0.2) is 30.3 Å². The molecule has 22 heavy (non-hydrogen) atoms. The monoisotopic (exact) mass is 305 g/mol. The Morgan fingerprint density at radius 1 is 1.32 bits per heavy atom. The fraction of sp³-hybridized carbons (Fsp3) is 0.611.